The number of rotatable bonds is 8. The largest absolute Gasteiger partial charge is 0.356 e. The van der Waals surface area contributed by atoms with Crippen molar-refractivity contribution in [1.29, 1.82) is 0 Å². The topological polar surface area (TPSA) is 110 Å². The molecule has 8 nitrogen and oxygen atoms in total. The van der Waals surface area contributed by atoms with E-state index in [4.69, 9.17) is 0 Å². The van der Waals surface area contributed by atoms with Crippen molar-refractivity contribution in [3.05, 3.63) is 69.8 Å². The molecule has 10 heteroatoms. The Morgan fingerprint density at radius 3 is 2.71 bits per heavy atom. The van der Waals surface area contributed by atoms with Gasteiger partial charge in [-0.05, 0) is 18.6 Å². The van der Waals surface area contributed by atoms with Gasteiger partial charge in [-0.15, -0.1) is 10.2 Å². The summed E-state index contributed by atoms with van der Waals surface area (Å²) in [7, 11) is 0. The minimum absolute atomic E-state index is 0.0243. The predicted octanol–water partition coefficient (Wildman–Crippen LogP) is 4.10. The molecule has 2 aromatic carbocycles. The van der Waals surface area contributed by atoms with Gasteiger partial charge in [0.05, 0.1) is 21.9 Å². The van der Waals surface area contributed by atoms with Gasteiger partial charge in [-0.3, -0.25) is 14.9 Å². The first-order valence-electron chi connectivity index (χ1n) is 8.31. The predicted molar refractivity (Wildman–Crippen MR) is 111 cm³/mol. The second-order valence-electron chi connectivity index (χ2n) is 5.76. The molecular weight excluding hydrogens is 398 g/mol. The quantitative estimate of drug-likeness (QED) is 0.324. The summed E-state index contributed by atoms with van der Waals surface area (Å²) in [6.07, 6.45) is 0. The van der Waals surface area contributed by atoms with Gasteiger partial charge in [0.2, 0.25) is 11.0 Å². The Bertz CT molecular complexity index is 978. The molecule has 0 atom stereocenters. The highest BCUT2D eigenvalue weighted by Crippen LogP contribution is 2.27. The average Bonchev–Trinajstić information content (AvgIpc) is 3.15. The molecule has 0 aliphatic heterocycles. The highest BCUT2D eigenvalue weighted by molar-refractivity contribution is 8.01. The molecule has 0 saturated carbocycles. The second-order valence-corrected chi connectivity index (χ2v) is 7.96. The zero-order valence-corrected chi connectivity index (χ0v) is 16.5. The molecular formula is C18H17N5O3S2. The van der Waals surface area contributed by atoms with Crippen molar-refractivity contribution >= 4 is 45.5 Å². The van der Waals surface area contributed by atoms with Crippen molar-refractivity contribution in [3.8, 4) is 0 Å². The Kier molecular flexibility index (Phi) is 6.56. The lowest BCUT2D eigenvalue weighted by Crippen LogP contribution is -2.15. The van der Waals surface area contributed by atoms with Gasteiger partial charge in [-0.1, -0.05) is 59.5 Å². The number of carbonyl (C=O) groups is 1. The highest BCUT2D eigenvalue weighted by Gasteiger charge is 2.15. The molecule has 28 heavy (non-hydrogen) atoms. The minimum Gasteiger partial charge on any atom is -0.356 e. The summed E-state index contributed by atoms with van der Waals surface area (Å²) in [5.74, 6) is -0.127. The van der Waals surface area contributed by atoms with Gasteiger partial charge < -0.3 is 10.6 Å². The number of thioether (sulfide) groups is 1. The molecule has 0 aliphatic carbocycles. The number of hydrogen-bond acceptors (Lipinski definition) is 8. The lowest BCUT2D eigenvalue weighted by Gasteiger charge is -2.07. The maximum atomic E-state index is 12.2. The van der Waals surface area contributed by atoms with Crippen LogP contribution >= 0.6 is 23.1 Å². The van der Waals surface area contributed by atoms with E-state index in [2.05, 4.69) is 20.8 Å². The summed E-state index contributed by atoms with van der Waals surface area (Å²) in [4.78, 5) is 22.7. The normalized spacial score (nSPS) is 10.5. The van der Waals surface area contributed by atoms with E-state index >= 15 is 0 Å². The van der Waals surface area contributed by atoms with Crippen LogP contribution in [0.2, 0.25) is 0 Å². The molecule has 0 fully saturated rings. The third-order valence-electron chi connectivity index (χ3n) is 3.80. The van der Waals surface area contributed by atoms with Crippen molar-refractivity contribution in [2.45, 2.75) is 17.8 Å². The number of hydrogen-bond donors (Lipinski definition) is 2. The van der Waals surface area contributed by atoms with Crippen molar-refractivity contribution in [2.24, 2.45) is 0 Å². The lowest BCUT2D eigenvalue weighted by atomic mass is 10.1. The first-order chi connectivity index (χ1) is 13.5. The summed E-state index contributed by atoms with van der Waals surface area (Å²) in [5.41, 5.74) is 1.97. The molecule has 0 radical (unpaired) electrons. The first kappa shape index (κ1) is 19.8. The second kappa shape index (κ2) is 9.29. The van der Waals surface area contributed by atoms with Gasteiger partial charge in [0.25, 0.3) is 5.69 Å². The number of amides is 1. The molecule has 2 N–H and O–H groups in total. The Hall–Kier alpha value is -2.98. The Morgan fingerprint density at radius 2 is 1.96 bits per heavy atom. The molecule has 1 heterocycles. The fourth-order valence-corrected chi connectivity index (χ4v) is 3.93. The number of aromatic nitrogens is 2. The molecule has 0 saturated heterocycles. The van der Waals surface area contributed by atoms with Crippen LogP contribution in [0.5, 0.6) is 0 Å². The van der Waals surface area contributed by atoms with Crippen molar-refractivity contribution in [3.63, 3.8) is 0 Å². The summed E-state index contributed by atoms with van der Waals surface area (Å²) in [6.45, 7) is 2.25. The molecule has 144 valence electrons. The van der Waals surface area contributed by atoms with E-state index in [0.29, 0.717) is 27.3 Å². The molecule has 0 bridgehead atoms. The van der Waals surface area contributed by atoms with Gasteiger partial charge in [0.1, 0.15) is 0 Å². The van der Waals surface area contributed by atoms with Crippen LogP contribution in [0.15, 0.2) is 52.9 Å². The zero-order valence-electron chi connectivity index (χ0n) is 14.9. The minimum atomic E-state index is -0.467. The van der Waals surface area contributed by atoms with Crippen LogP contribution < -0.4 is 10.6 Å². The van der Waals surface area contributed by atoms with Gasteiger partial charge in [-0.25, -0.2) is 0 Å². The average molecular weight is 416 g/mol. The van der Waals surface area contributed by atoms with E-state index in [1.165, 1.54) is 29.2 Å². The lowest BCUT2D eigenvalue weighted by molar-refractivity contribution is -0.385. The Labute approximate surface area is 169 Å². The number of carbonyl (C=O) groups excluding carboxylic acids is 1. The summed E-state index contributed by atoms with van der Waals surface area (Å²) < 4.78 is 0.668. The van der Waals surface area contributed by atoms with Crippen molar-refractivity contribution in [2.75, 3.05) is 16.4 Å². The van der Waals surface area contributed by atoms with Crippen LogP contribution in [0.1, 0.15) is 11.1 Å². The number of anilines is 2. The number of nitrogens with one attached hydrogen (secondary N) is 2. The van der Waals surface area contributed by atoms with Crippen molar-refractivity contribution < 1.29 is 9.72 Å². The standard InChI is InChI=1S/C18H17N5O3S2/c1-12-14(8-5-9-15(12)23(25)26)20-16(24)11-27-18-22-21-17(28-18)19-10-13-6-3-2-4-7-13/h2-9H,10-11H2,1H3,(H,19,21)(H,20,24). The summed E-state index contributed by atoms with van der Waals surface area (Å²) >= 11 is 2.64. The van der Waals surface area contributed by atoms with Gasteiger partial charge in [0, 0.05) is 12.6 Å². The van der Waals surface area contributed by atoms with Gasteiger partial charge in [-0.2, -0.15) is 0 Å². The van der Waals surface area contributed by atoms with E-state index in [-0.39, 0.29) is 17.3 Å². The van der Waals surface area contributed by atoms with Crippen LogP contribution in [0.3, 0.4) is 0 Å². The van der Waals surface area contributed by atoms with E-state index in [1.807, 2.05) is 30.3 Å². The third-order valence-corrected chi connectivity index (χ3v) is 5.81. The maximum Gasteiger partial charge on any atom is 0.274 e. The fraction of sp³-hybridized carbons (Fsp3) is 0.167. The molecule has 0 unspecified atom stereocenters. The van der Waals surface area contributed by atoms with E-state index < -0.39 is 4.92 Å². The van der Waals surface area contributed by atoms with Crippen LogP contribution in [0, 0.1) is 17.0 Å². The van der Waals surface area contributed by atoms with Crippen LogP contribution in [-0.2, 0) is 11.3 Å². The SMILES string of the molecule is Cc1c(NC(=O)CSc2nnc(NCc3ccccc3)s2)cccc1[N+](=O)[O-]. The summed E-state index contributed by atoms with van der Waals surface area (Å²) in [5, 5.41) is 25.7. The molecule has 0 spiro atoms. The smallest absolute Gasteiger partial charge is 0.274 e. The van der Waals surface area contributed by atoms with Gasteiger partial charge >= 0.3 is 0 Å². The first-order valence-corrected chi connectivity index (χ1v) is 10.1. The van der Waals surface area contributed by atoms with E-state index in [1.54, 1.807) is 19.1 Å². The molecule has 3 aromatic rings. The van der Waals surface area contributed by atoms with Gasteiger partial charge in [0.15, 0.2) is 4.34 Å². The number of nitro benzene ring substituents is 1. The number of nitrogens with zero attached hydrogens (tertiary/aromatic N) is 3. The fourth-order valence-electron chi connectivity index (χ4n) is 2.38. The monoisotopic (exact) mass is 415 g/mol. The van der Waals surface area contributed by atoms with Crippen LogP contribution in [-0.4, -0.2) is 26.8 Å². The van der Waals surface area contributed by atoms with E-state index in [0.717, 1.165) is 5.56 Å². The highest BCUT2D eigenvalue weighted by atomic mass is 32.2. The number of benzene rings is 2. The third kappa shape index (κ3) is 5.27. The maximum absolute atomic E-state index is 12.2. The molecule has 1 amide bonds. The molecule has 1 aromatic heterocycles. The van der Waals surface area contributed by atoms with Crippen LogP contribution in [0.4, 0.5) is 16.5 Å². The van der Waals surface area contributed by atoms with Crippen molar-refractivity contribution in [1.82, 2.24) is 10.2 Å². The summed E-state index contributed by atoms with van der Waals surface area (Å²) in [6, 6.07) is 14.5. The zero-order chi connectivity index (χ0) is 19.9. The van der Waals surface area contributed by atoms with E-state index in [9.17, 15) is 14.9 Å². The Balaban J connectivity index is 1.51. The number of nitro groups is 1. The Morgan fingerprint density at radius 1 is 1.18 bits per heavy atom. The molecule has 0 aliphatic rings. The molecule has 3 rings (SSSR count). The van der Waals surface area contributed by atoms with Crippen LogP contribution in [0.25, 0.3) is 0 Å².